The highest BCUT2D eigenvalue weighted by Gasteiger charge is 2.08. The van der Waals surface area contributed by atoms with Crippen molar-refractivity contribution >= 4 is 17.7 Å². The van der Waals surface area contributed by atoms with Crippen molar-refractivity contribution in [1.82, 2.24) is 0 Å². The van der Waals surface area contributed by atoms with Crippen LogP contribution < -0.4 is 5.73 Å². The van der Waals surface area contributed by atoms with Gasteiger partial charge in [0.25, 0.3) is 0 Å². The molecule has 0 aliphatic carbocycles. The number of carbonyl (C=O) groups excluding carboxylic acids is 1. The van der Waals surface area contributed by atoms with Crippen molar-refractivity contribution in [2.45, 2.75) is 25.8 Å². The van der Waals surface area contributed by atoms with Crippen molar-refractivity contribution in [3.8, 4) is 0 Å². The number of hydrogen-bond acceptors (Lipinski definition) is 4. The summed E-state index contributed by atoms with van der Waals surface area (Å²) in [6, 6.07) is -0.0449. The molecule has 0 heterocycles. The van der Waals surface area contributed by atoms with E-state index in [4.69, 9.17) is 10.5 Å². The fraction of sp³-hybridized carbons (Fsp3) is 0.875. The van der Waals surface area contributed by atoms with E-state index in [0.29, 0.717) is 13.0 Å². The number of ether oxygens (including phenoxy) is 1. The van der Waals surface area contributed by atoms with Gasteiger partial charge in [-0.25, -0.2) is 0 Å². The Balaban J connectivity index is 3.40. The van der Waals surface area contributed by atoms with Crippen LogP contribution in [0.4, 0.5) is 0 Å². The Morgan fingerprint density at radius 2 is 2.33 bits per heavy atom. The molecule has 0 aliphatic rings. The normalized spacial score (nSPS) is 12.6. The molecule has 0 aromatic heterocycles. The molecule has 72 valence electrons. The van der Waals surface area contributed by atoms with Crippen LogP contribution in [0, 0.1) is 0 Å². The number of hydrogen-bond donors (Lipinski definition) is 1. The van der Waals surface area contributed by atoms with Crippen LogP contribution in [-0.2, 0) is 9.53 Å². The van der Waals surface area contributed by atoms with E-state index in [2.05, 4.69) is 0 Å². The van der Waals surface area contributed by atoms with E-state index in [-0.39, 0.29) is 12.0 Å². The molecule has 0 fully saturated rings. The van der Waals surface area contributed by atoms with Crippen LogP contribution in [0.1, 0.15) is 19.8 Å². The lowest BCUT2D eigenvalue weighted by molar-refractivity contribution is -0.143. The lowest BCUT2D eigenvalue weighted by Gasteiger charge is -2.08. The molecule has 0 aromatic carbocycles. The first-order chi connectivity index (χ1) is 5.70. The molecule has 1 atom stereocenters. The van der Waals surface area contributed by atoms with Gasteiger partial charge in [-0.1, -0.05) is 0 Å². The van der Waals surface area contributed by atoms with Gasteiger partial charge < -0.3 is 10.5 Å². The molecule has 0 amide bonds. The van der Waals surface area contributed by atoms with E-state index in [1.54, 1.807) is 18.7 Å². The molecule has 0 radical (unpaired) electrons. The van der Waals surface area contributed by atoms with Crippen molar-refractivity contribution in [2.24, 2.45) is 5.73 Å². The average molecular weight is 191 g/mol. The molecule has 12 heavy (non-hydrogen) atoms. The van der Waals surface area contributed by atoms with Gasteiger partial charge in [-0.15, -0.1) is 0 Å². The Morgan fingerprint density at radius 3 is 2.83 bits per heavy atom. The molecule has 0 unspecified atom stereocenters. The monoisotopic (exact) mass is 191 g/mol. The molecule has 0 bridgehead atoms. The van der Waals surface area contributed by atoms with E-state index in [0.717, 1.165) is 12.2 Å². The summed E-state index contributed by atoms with van der Waals surface area (Å²) in [7, 11) is 0. The minimum absolute atomic E-state index is 0.0449. The molecule has 0 saturated heterocycles. The van der Waals surface area contributed by atoms with E-state index >= 15 is 0 Å². The number of carbonyl (C=O) groups is 1. The van der Waals surface area contributed by atoms with Crippen LogP contribution in [0.15, 0.2) is 0 Å². The van der Waals surface area contributed by atoms with Gasteiger partial charge in [-0.05, 0) is 25.4 Å². The summed E-state index contributed by atoms with van der Waals surface area (Å²) in [5.74, 6) is 0.812. The minimum atomic E-state index is -0.189. The van der Waals surface area contributed by atoms with Gasteiger partial charge in [0.2, 0.25) is 0 Å². The second-order valence-electron chi connectivity index (χ2n) is 2.55. The second-order valence-corrected chi connectivity index (χ2v) is 3.54. The molecule has 4 heteroatoms. The Labute approximate surface area is 78.0 Å². The molecule has 0 rings (SSSR count). The summed E-state index contributed by atoms with van der Waals surface area (Å²) in [4.78, 5) is 10.9. The summed E-state index contributed by atoms with van der Waals surface area (Å²) < 4.78 is 4.77. The van der Waals surface area contributed by atoms with E-state index in [9.17, 15) is 4.79 Å². The predicted octanol–water partition coefficient (Wildman–Crippen LogP) is 1.02. The Morgan fingerprint density at radius 1 is 1.67 bits per heavy atom. The minimum Gasteiger partial charge on any atom is -0.466 e. The smallest absolute Gasteiger partial charge is 0.307 e. The van der Waals surface area contributed by atoms with Crippen LogP contribution in [0.25, 0.3) is 0 Å². The Hall–Kier alpha value is -0.220. The van der Waals surface area contributed by atoms with Gasteiger partial charge in [0.1, 0.15) is 0 Å². The fourth-order valence-electron chi connectivity index (χ4n) is 0.805. The Kier molecular flexibility index (Phi) is 7.29. The van der Waals surface area contributed by atoms with Gasteiger partial charge in [0, 0.05) is 6.04 Å². The van der Waals surface area contributed by atoms with Crippen molar-refractivity contribution in [3.05, 3.63) is 0 Å². The first-order valence-corrected chi connectivity index (χ1v) is 5.50. The molecular formula is C8H17NO2S. The summed E-state index contributed by atoms with van der Waals surface area (Å²) in [6.45, 7) is 2.24. The lowest BCUT2D eigenvalue weighted by atomic mass is 10.2. The number of esters is 1. The van der Waals surface area contributed by atoms with Gasteiger partial charge in [-0.3, -0.25) is 4.79 Å². The van der Waals surface area contributed by atoms with Gasteiger partial charge in [0.15, 0.2) is 0 Å². The third-order valence-corrected chi connectivity index (χ3v) is 2.07. The Bertz CT molecular complexity index is 130. The quantitative estimate of drug-likeness (QED) is 0.637. The standard InChI is InChI=1S/C8H17NO2S/c1-3-11-8(10)6-7(9)4-5-12-2/h7H,3-6,9H2,1-2H3/t7-/m0/s1. The molecule has 0 saturated carbocycles. The average Bonchev–Trinajstić information content (AvgIpc) is 2.01. The molecule has 0 aromatic rings. The first-order valence-electron chi connectivity index (χ1n) is 4.10. The zero-order chi connectivity index (χ0) is 9.40. The van der Waals surface area contributed by atoms with E-state index in [1.165, 1.54) is 0 Å². The molecule has 3 nitrogen and oxygen atoms in total. The summed E-state index contributed by atoms with van der Waals surface area (Å²) in [5.41, 5.74) is 5.68. The molecule has 0 spiro atoms. The van der Waals surface area contributed by atoms with E-state index < -0.39 is 0 Å². The van der Waals surface area contributed by atoms with Crippen molar-refractivity contribution in [3.63, 3.8) is 0 Å². The van der Waals surface area contributed by atoms with Crippen LogP contribution in [0.2, 0.25) is 0 Å². The highest BCUT2D eigenvalue weighted by molar-refractivity contribution is 7.98. The lowest BCUT2D eigenvalue weighted by Crippen LogP contribution is -2.25. The second kappa shape index (κ2) is 7.43. The van der Waals surface area contributed by atoms with Crippen molar-refractivity contribution < 1.29 is 9.53 Å². The summed E-state index contributed by atoms with van der Waals surface area (Å²) in [5, 5.41) is 0. The maximum absolute atomic E-state index is 10.9. The van der Waals surface area contributed by atoms with Gasteiger partial charge in [0.05, 0.1) is 13.0 Å². The molecular weight excluding hydrogens is 174 g/mol. The number of thioether (sulfide) groups is 1. The van der Waals surface area contributed by atoms with Crippen molar-refractivity contribution in [1.29, 1.82) is 0 Å². The highest BCUT2D eigenvalue weighted by Crippen LogP contribution is 2.02. The predicted molar refractivity (Wildman–Crippen MR) is 52.2 cm³/mol. The zero-order valence-electron chi connectivity index (χ0n) is 7.71. The maximum atomic E-state index is 10.9. The van der Waals surface area contributed by atoms with Gasteiger partial charge in [-0.2, -0.15) is 11.8 Å². The van der Waals surface area contributed by atoms with Crippen LogP contribution >= 0.6 is 11.8 Å². The molecule has 2 N–H and O–H groups in total. The van der Waals surface area contributed by atoms with Crippen LogP contribution in [0.3, 0.4) is 0 Å². The number of nitrogens with two attached hydrogens (primary N) is 1. The highest BCUT2D eigenvalue weighted by atomic mass is 32.2. The van der Waals surface area contributed by atoms with E-state index in [1.807, 2.05) is 6.26 Å². The molecule has 0 aliphatic heterocycles. The summed E-state index contributed by atoms with van der Waals surface area (Å²) in [6.07, 6.45) is 3.24. The summed E-state index contributed by atoms with van der Waals surface area (Å²) >= 11 is 1.74. The largest absolute Gasteiger partial charge is 0.466 e. The topological polar surface area (TPSA) is 52.3 Å². The third kappa shape index (κ3) is 6.49. The SMILES string of the molecule is CCOC(=O)C[C@@H](N)CCSC. The fourth-order valence-corrected chi connectivity index (χ4v) is 1.34. The zero-order valence-corrected chi connectivity index (χ0v) is 8.52. The first kappa shape index (κ1) is 11.8. The van der Waals surface area contributed by atoms with Crippen LogP contribution in [0.5, 0.6) is 0 Å². The third-order valence-electron chi connectivity index (χ3n) is 1.43. The van der Waals surface area contributed by atoms with Gasteiger partial charge >= 0.3 is 5.97 Å². The number of rotatable bonds is 6. The maximum Gasteiger partial charge on any atom is 0.307 e. The van der Waals surface area contributed by atoms with Crippen LogP contribution in [-0.4, -0.2) is 30.6 Å². The van der Waals surface area contributed by atoms with Crippen molar-refractivity contribution in [2.75, 3.05) is 18.6 Å².